The van der Waals surface area contributed by atoms with Crippen molar-refractivity contribution in [1.82, 2.24) is 0 Å². The lowest BCUT2D eigenvalue weighted by Gasteiger charge is -2.30. The highest BCUT2D eigenvalue weighted by Crippen LogP contribution is 2.46. The third kappa shape index (κ3) is 3.63. The van der Waals surface area contributed by atoms with Crippen LogP contribution in [0.4, 0.5) is 0 Å². The van der Waals surface area contributed by atoms with Crippen molar-refractivity contribution in [1.29, 1.82) is 0 Å². The third-order valence-corrected chi connectivity index (χ3v) is 5.96. The number of halogens is 1. The van der Waals surface area contributed by atoms with Crippen molar-refractivity contribution in [2.24, 2.45) is 11.1 Å². The molecule has 0 saturated heterocycles. The predicted molar refractivity (Wildman–Crippen MR) is 112 cm³/mol. The maximum Gasteiger partial charge on any atom is 0.204 e. The molecule has 1 N–H and O–H groups in total. The Bertz CT molecular complexity index is 885. The van der Waals surface area contributed by atoms with Crippen molar-refractivity contribution in [2.45, 2.75) is 19.3 Å². The highest BCUT2D eigenvalue weighted by molar-refractivity contribution is 9.10. The highest BCUT2D eigenvalue weighted by Gasteiger charge is 2.30. The molecule has 1 saturated carbocycles. The van der Waals surface area contributed by atoms with Gasteiger partial charge in [-0.25, -0.2) is 0 Å². The average molecular weight is 450 g/mol. The van der Waals surface area contributed by atoms with Gasteiger partial charge in [-0.05, 0) is 82.1 Å². The van der Waals surface area contributed by atoms with Crippen molar-refractivity contribution in [2.75, 3.05) is 28.4 Å². The first-order valence-corrected chi connectivity index (χ1v) is 9.74. The molecule has 3 rings (SSSR count). The van der Waals surface area contributed by atoms with E-state index >= 15 is 0 Å². The van der Waals surface area contributed by atoms with Gasteiger partial charge in [0.05, 0.1) is 32.9 Å². The minimum atomic E-state index is 0.338. The molecule has 1 unspecified atom stereocenters. The lowest BCUT2D eigenvalue weighted by Crippen LogP contribution is -2.23. The van der Waals surface area contributed by atoms with Crippen molar-refractivity contribution in [3.63, 3.8) is 0 Å². The Morgan fingerprint density at radius 1 is 1.11 bits per heavy atom. The Kier molecular flexibility index (Phi) is 6.34. The van der Waals surface area contributed by atoms with E-state index < -0.39 is 0 Å². The number of rotatable bonds is 5. The monoisotopic (exact) mass is 449 g/mol. The van der Waals surface area contributed by atoms with E-state index in [2.05, 4.69) is 27.2 Å². The molecule has 2 aliphatic rings. The molecule has 0 aromatic heterocycles. The van der Waals surface area contributed by atoms with Gasteiger partial charge in [0, 0.05) is 0 Å². The van der Waals surface area contributed by atoms with Crippen LogP contribution >= 0.6 is 15.9 Å². The van der Waals surface area contributed by atoms with Crippen LogP contribution in [0.3, 0.4) is 0 Å². The molecule has 0 amide bonds. The van der Waals surface area contributed by atoms with Crippen molar-refractivity contribution >= 4 is 27.7 Å². The fourth-order valence-corrected chi connectivity index (χ4v) is 4.29. The molecule has 0 bridgehead atoms. The SMILES string of the molecule is COC1=CCC2CCC(=Cc3cc(OC)c(OC)c(OC)c3Br)C(=NO)C2=C1. The molecule has 28 heavy (non-hydrogen) atoms. The minimum Gasteiger partial charge on any atom is -0.497 e. The molecule has 2 aliphatic carbocycles. The molecule has 0 radical (unpaired) electrons. The molecule has 0 heterocycles. The van der Waals surface area contributed by atoms with Crippen LogP contribution < -0.4 is 14.2 Å². The van der Waals surface area contributed by atoms with Gasteiger partial charge in [-0.3, -0.25) is 0 Å². The number of hydrogen-bond donors (Lipinski definition) is 1. The smallest absolute Gasteiger partial charge is 0.204 e. The lowest BCUT2D eigenvalue weighted by atomic mass is 9.75. The highest BCUT2D eigenvalue weighted by atomic mass is 79.9. The van der Waals surface area contributed by atoms with Crippen LogP contribution in [0.5, 0.6) is 17.2 Å². The minimum absolute atomic E-state index is 0.338. The molecule has 1 aromatic rings. The van der Waals surface area contributed by atoms with Gasteiger partial charge in [0.1, 0.15) is 11.5 Å². The van der Waals surface area contributed by atoms with E-state index in [0.717, 1.165) is 46.2 Å². The van der Waals surface area contributed by atoms with Gasteiger partial charge in [0.25, 0.3) is 0 Å². The summed E-state index contributed by atoms with van der Waals surface area (Å²) in [6.07, 6.45) is 8.70. The molecule has 0 spiro atoms. The van der Waals surface area contributed by atoms with Gasteiger partial charge in [-0.2, -0.15) is 0 Å². The second-order valence-corrected chi connectivity index (χ2v) is 7.34. The Labute approximate surface area is 173 Å². The molecule has 1 fully saturated rings. The maximum absolute atomic E-state index is 9.76. The molecule has 6 nitrogen and oxygen atoms in total. The first kappa shape index (κ1) is 20.3. The predicted octanol–water partition coefficient (Wildman–Crippen LogP) is 4.96. The van der Waals surface area contributed by atoms with Gasteiger partial charge in [-0.15, -0.1) is 0 Å². The largest absolute Gasteiger partial charge is 0.497 e. The molecule has 0 aliphatic heterocycles. The van der Waals surface area contributed by atoms with E-state index in [9.17, 15) is 5.21 Å². The Morgan fingerprint density at radius 2 is 1.86 bits per heavy atom. The molecule has 1 atom stereocenters. The van der Waals surface area contributed by atoms with Gasteiger partial charge in [-0.1, -0.05) is 5.16 Å². The summed E-state index contributed by atoms with van der Waals surface area (Å²) < 4.78 is 22.5. The van der Waals surface area contributed by atoms with E-state index in [0.29, 0.717) is 28.9 Å². The number of ether oxygens (including phenoxy) is 4. The Balaban J connectivity index is 2.08. The Hall–Kier alpha value is -2.41. The number of hydrogen-bond acceptors (Lipinski definition) is 6. The average Bonchev–Trinajstić information content (AvgIpc) is 2.73. The zero-order chi connectivity index (χ0) is 20.3. The lowest BCUT2D eigenvalue weighted by molar-refractivity contribution is 0.298. The first-order valence-electron chi connectivity index (χ1n) is 8.95. The topological polar surface area (TPSA) is 69.5 Å². The van der Waals surface area contributed by atoms with E-state index in [1.165, 1.54) is 0 Å². The summed E-state index contributed by atoms with van der Waals surface area (Å²) in [5.41, 5.74) is 3.39. The summed E-state index contributed by atoms with van der Waals surface area (Å²) >= 11 is 3.60. The summed E-state index contributed by atoms with van der Waals surface area (Å²) in [5, 5.41) is 13.4. The van der Waals surface area contributed by atoms with Crippen molar-refractivity contribution < 1.29 is 24.2 Å². The summed E-state index contributed by atoms with van der Waals surface area (Å²) in [7, 11) is 6.38. The Morgan fingerprint density at radius 3 is 2.46 bits per heavy atom. The first-order chi connectivity index (χ1) is 13.6. The fraction of sp³-hybridized carbons (Fsp3) is 0.381. The molecule has 1 aromatic carbocycles. The van der Waals surface area contributed by atoms with Crippen molar-refractivity contribution in [3.8, 4) is 17.2 Å². The quantitative estimate of drug-likeness (QED) is 0.508. The van der Waals surface area contributed by atoms with Crippen LogP contribution in [0.15, 0.2) is 44.8 Å². The summed E-state index contributed by atoms with van der Waals surface area (Å²) in [6.45, 7) is 0. The van der Waals surface area contributed by atoms with Crippen LogP contribution in [0.1, 0.15) is 24.8 Å². The van der Waals surface area contributed by atoms with Crippen LogP contribution in [-0.4, -0.2) is 39.4 Å². The van der Waals surface area contributed by atoms with E-state index in [-0.39, 0.29) is 0 Å². The summed E-state index contributed by atoms with van der Waals surface area (Å²) in [5.74, 6) is 2.76. The molecule has 150 valence electrons. The summed E-state index contributed by atoms with van der Waals surface area (Å²) in [6, 6.07) is 1.87. The van der Waals surface area contributed by atoms with Crippen LogP contribution in [0.25, 0.3) is 6.08 Å². The summed E-state index contributed by atoms with van der Waals surface area (Å²) in [4.78, 5) is 0. The third-order valence-electron chi connectivity index (χ3n) is 5.14. The normalized spacial score (nSPS) is 21.7. The fourth-order valence-electron chi connectivity index (χ4n) is 3.72. The zero-order valence-corrected chi connectivity index (χ0v) is 18.0. The van der Waals surface area contributed by atoms with Gasteiger partial charge in [0.15, 0.2) is 11.5 Å². The van der Waals surface area contributed by atoms with E-state index in [4.69, 9.17) is 18.9 Å². The number of fused-ring (bicyclic) bond motifs is 1. The van der Waals surface area contributed by atoms with E-state index in [1.54, 1.807) is 28.4 Å². The standard InChI is InChI=1S/C21H24BrNO5/c1-25-15-8-7-12-5-6-13(19(23-24)16(12)11-15)9-14-10-17(26-2)20(27-3)21(28-4)18(14)22/h8-12,24H,5-7H2,1-4H3. The van der Waals surface area contributed by atoms with E-state index in [1.807, 2.05) is 18.2 Å². The number of benzene rings is 1. The van der Waals surface area contributed by atoms with Gasteiger partial charge >= 0.3 is 0 Å². The van der Waals surface area contributed by atoms with Gasteiger partial charge in [0.2, 0.25) is 5.75 Å². The molecule has 7 heteroatoms. The zero-order valence-electron chi connectivity index (χ0n) is 16.4. The number of allylic oxidation sites excluding steroid dienone is 4. The maximum atomic E-state index is 9.76. The van der Waals surface area contributed by atoms with Crippen LogP contribution in [0.2, 0.25) is 0 Å². The second kappa shape index (κ2) is 8.73. The number of nitrogens with zero attached hydrogens (tertiary/aromatic N) is 1. The van der Waals surface area contributed by atoms with Crippen LogP contribution in [0, 0.1) is 5.92 Å². The number of methoxy groups -OCH3 is 4. The van der Waals surface area contributed by atoms with Gasteiger partial charge < -0.3 is 24.2 Å². The molecular formula is C21H24BrNO5. The number of oxime groups is 1. The van der Waals surface area contributed by atoms with Crippen LogP contribution in [-0.2, 0) is 4.74 Å². The molecular weight excluding hydrogens is 426 g/mol. The van der Waals surface area contributed by atoms with Crippen molar-refractivity contribution in [3.05, 3.63) is 45.2 Å². The second-order valence-electron chi connectivity index (χ2n) is 6.55.